The molecule has 1 N–H and O–H groups in total. The van der Waals surface area contributed by atoms with Gasteiger partial charge in [0.15, 0.2) is 0 Å². The van der Waals surface area contributed by atoms with Crippen molar-refractivity contribution in [3.8, 4) is 0 Å². The van der Waals surface area contributed by atoms with Crippen molar-refractivity contribution in [1.29, 1.82) is 0 Å². The number of nitrogens with one attached hydrogen (secondary N) is 1. The zero-order valence-electron chi connectivity index (χ0n) is 11.2. The second-order valence-corrected chi connectivity index (χ2v) is 5.67. The van der Waals surface area contributed by atoms with E-state index >= 15 is 0 Å². The van der Waals surface area contributed by atoms with Crippen LogP contribution in [0.15, 0.2) is 29.8 Å². The minimum Gasteiger partial charge on any atom is -0.310 e. The highest BCUT2D eigenvalue weighted by atomic mass is 32.1. The van der Waals surface area contributed by atoms with Crippen molar-refractivity contribution >= 4 is 11.3 Å². The number of hydrogen-bond donors (Lipinski definition) is 1. The van der Waals surface area contributed by atoms with Crippen LogP contribution in [0.3, 0.4) is 0 Å². The predicted octanol–water partition coefficient (Wildman–Crippen LogP) is 3.65. The summed E-state index contributed by atoms with van der Waals surface area (Å²) in [7, 11) is 0. The molecule has 0 spiro atoms. The molecule has 2 aromatic rings. The summed E-state index contributed by atoms with van der Waals surface area (Å²) in [5.74, 6) is 0. The maximum atomic E-state index is 4.29. The van der Waals surface area contributed by atoms with Gasteiger partial charge in [0.1, 0.15) is 0 Å². The molecule has 1 atom stereocenters. The zero-order chi connectivity index (χ0) is 13.0. The van der Waals surface area contributed by atoms with Crippen LogP contribution in [0.2, 0.25) is 0 Å². The van der Waals surface area contributed by atoms with Gasteiger partial charge in [-0.1, -0.05) is 18.2 Å². The van der Waals surface area contributed by atoms with Gasteiger partial charge in [0, 0.05) is 30.6 Å². The monoisotopic (exact) mass is 260 g/mol. The quantitative estimate of drug-likeness (QED) is 0.887. The van der Waals surface area contributed by atoms with Crippen LogP contribution in [0.25, 0.3) is 0 Å². The Labute approximate surface area is 113 Å². The molecule has 0 bridgehead atoms. The van der Waals surface area contributed by atoms with E-state index in [-0.39, 0.29) is 0 Å². The molecular formula is C15H20N2S. The van der Waals surface area contributed by atoms with Gasteiger partial charge in [-0.25, -0.2) is 4.98 Å². The van der Waals surface area contributed by atoms with Gasteiger partial charge in [-0.15, -0.1) is 11.3 Å². The number of aryl methyl sites for hydroxylation is 2. The summed E-state index contributed by atoms with van der Waals surface area (Å²) in [5.41, 5.74) is 4.08. The van der Waals surface area contributed by atoms with Gasteiger partial charge in [0.05, 0.1) is 5.01 Å². The Balaban J connectivity index is 1.87. The van der Waals surface area contributed by atoms with Crippen LogP contribution in [0.1, 0.15) is 34.7 Å². The molecule has 2 rings (SSSR count). The molecule has 0 aliphatic heterocycles. The topological polar surface area (TPSA) is 24.9 Å². The number of benzene rings is 1. The Hall–Kier alpha value is -1.19. The van der Waals surface area contributed by atoms with E-state index in [1.54, 1.807) is 11.3 Å². The molecule has 0 radical (unpaired) electrons. The van der Waals surface area contributed by atoms with E-state index in [9.17, 15) is 0 Å². The van der Waals surface area contributed by atoms with E-state index in [0.717, 1.165) is 13.0 Å². The molecule has 96 valence electrons. The smallest absolute Gasteiger partial charge is 0.0937 e. The molecule has 1 aromatic heterocycles. The van der Waals surface area contributed by atoms with E-state index < -0.39 is 0 Å². The van der Waals surface area contributed by atoms with Crippen LogP contribution in [0.5, 0.6) is 0 Å². The lowest BCUT2D eigenvalue weighted by molar-refractivity contribution is 0.576. The Kier molecular flexibility index (Phi) is 4.50. The highest BCUT2D eigenvalue weighted by Gasteiger charge is 2.06. The Bertz CT molecular complexity index is 491. The lowest BCUT2D eigenvalue weighted by Crippen LogP contribution is -2.21. The Morgan fingerprint density at radius 3 is 2.78 bits per heavy atom. The first-order valence-corrected chi connectivity index (χ1v) is 7.23. The second-order valence-electron chi connectivity index (χ2n) is 4.70. The van der Waals surface area contributed by atoms with E-state index in [4.69, 9.17) is 0 Å². The van der Waals surface area contributed by atoms with Crippen molar-refractivity contribution in [1.82, 2.24) is 10.3 Å². The third-order valence-corrected chi connectivity index (χ3v) is 4.14. The average molecular weight is 260 g/mol. The molecule has 0 saturated heterocycles. The van der Waals surface area contributed by atoms with Gasteiger partial charge in [0.2, 0.25) is 0 Å². The number of nitrogens with zero attached hydrogens (tertiary/aromatic N) is 1. The SMILES string of the molecule is Cc1ccc(C(C)NCCc2nccs2)cc1C. The summed E-state index contributed by atoms with van der Waals surface area (Å²) in [6, 6.07) is 7.08. The lowest BCUT2D eigenvalue weighted by atomic mass is 10.0. The molecule has 1 unspecified atom stereocenters. The fourth-order valence-electron chi connectivity index (χ4n) is 1.92. The minimum absolute atomic E-state index is 0.393. The first kappa shape index (κ1) is 13.2. The molecule has 0 aliphatic carbocycles. The summed E-state index contributed by atoms with van der Waals surface area (Å²) in [6.07, 6.45) is 2.87. The number of aromatic nitrogens is 1. The normalized spacial score (nSPS) is 12.6. The third kappa shape index (κ3) is 3.40. The van der Waals surface area contributed by atoms with Crippen molar-refractivity contribution in [2.24, 2.45) is 0 Å². The van der Waals surface area contributed by atoms with Crippen molar-refractivity contribution in [2.45, 2.75) is 33.2 Å². The number of thiazole rings is 1. The molecule has 18 heavy (non-hydrogen) atoms. The fourth-order valence-corrected chi connectivity index (χ4v) is 2.54. The van der Waals surface area contributed by atoms with Crippen LogP contribution >= 0.6 is 11.3 Å². The van der Waals surface area contributed by atoms with Gasteiger partial charge in [-0.05, 0) is 37.5 Å². The number of rotatable bonds is 5. The molecule has 2 nitrogen and oxygen atoms in total. The highest BCUT2D eigenvalue weighted by Crippen LogP contribution is 2.16. The summed E-state index contributed by atoms with van der Waals surface area (Å²) >= 11 is 1.72. The minimum atomic E-state index is 0.393. The molecule has 3 heteroatoms. The molecule has 0 aliphatic rings. The van der Waals surface area contributed by atoms with Crippen LogP contribution in [-0.4, -0.2) is 11.5 Å². The number of hydrogen-bond acceptors (Lipinski definition) is 3. The van der Waals surface area contributed by atoms with Crippen LogP contribution in [0, 0.1) is 13.8 Å². The summed E-state index contributed by atoms with van der Waals surface area (Å²) in [4.78, 5) is 4.29. The van der Waals surface area contributed by atoms with Gasteiger partial charge in [-0.2, -0.15) is 0 Å². The van der Waals surface area contributed by atoms with Crippen molar-refractivity contribution in [3.05, 3.63) is 51.5 Å². The molecular weight excluding hydrogens is 240 g/mol. The zero-order valence-corrected chi connectivity index (χ0v) is 12.1. The van der Waals surface area contributed by atoms with E-state index in [2.05, 4.69) is 49.3 Å². The maximum Gasteiger partial charge on any atom is 0.0937 e. The molecule has 0 fully saturated rings. The Morgan fingerprint density at radius 1 is 1.28 bits per heavy atom. The van der Waals surface area contributed by atoms with Gasteiger partial charge < -0.3 is 5.32 Å². The summed E-state index contributed by atoms with van der Waals surface area (Å²) < 4.78 is 0. The van der Waals surface area contributed by atoms with E-state index in [1.165, 1.54) is 21.7 Å². The van der Waals surface area contributed by atoms with Gasteiger partial charge >= 0.3 is 0 Å². The molecule has 1 heterocycles. The lowest BCUT2D eigenvalue weighted by Gasteiger charge is -2.15. The van der Waals surface area contributed by atoms with Gasteiger partial charge in [0.25, 0.3) is 0 Å². The van der Waals surface area contributed by atoms with Crippen LogP contribution < -0.4 is 5.32 Å². The summed E-state index contributed by atoms with van der Waals surface area (Å²) in [6.45, 7) is 7.51. The first-order chi connectivity index (χ1) is 8.66. The van der Waals surface area contributed by atoms with Gasteiger partial charge in [-0.3, -0.25) is 0 Å². The molecule has 0 amide bonds. The largest absolute Gasteiger partial charge is 0.310 e. The second kappa shape index (κ2) is 6.12. The first-order valence-electron chi connectivity index (χ1n) is 6.35. The van der Waals surface area contributed by atoms with E-state index in [1.807, 2.05) is 11.6 Å². The van der Waals surface area contributed by atoms with Crippen LogP contribution in [0.4, 0.5) is 0 Å². The van der Waals surface area contributed by atoms with Crippen molar-refractivity contribution in [3.63, 3.8) is 0 Å². The van der Waals surface area contributed by atoms with E-state index in [0.29, 0.717) is 6.04 Å². The third-order valence-electron chi connectivity index (χ3n) is 3.30. The highest BCUT2D eigenvalue weighted by molar-refractivity contribution is 7.09. The molecule has 0 saturated carbocycles. The fraction of sp³-hybridized carbons (Fsp3) is 0.400. The predicted molar refractivity (Wildman–Crippen MR) is 78.2 cm³/mol. The molecule has 1 aromatic carbocycles. The standard InChI is InChI=1S/C15H20N2S/c1-11-4-5-14(10-12(11)2)13(3)16-7-6-15-17-8-9-18-15/h4-5,8-10,13,16H,6-7H2,1-3H3. The maximum absolute atomic E-state index is 4.29. The van der Waals surface area contributed by atoms with Crippen molar-refractivity contribution < 1.29 is 0 Å². The summed E-state index contributed by atoms with van der Waals surface area (Å²) in [5, 5.41) is 6.78. The Morgan fingerprint density at radius 2 is 2.11 bits per heavy atom. The average Bonchev–Trinajstić information content (AvgIpc) is 2.85. The van der Waals surface area contributed by atoms with Crippen LogP contribution in [-0.2, 0) is 6.42 Å². The van der Waals surface area contributed by atoms with Crippen molar-refractivity contribution in [2.75, 3.05) is 6.54 Å².